The maximum absolute atomic E-state index is 5.74. The van der Waals surface area contributed by atoms with Crippen molar-refractivity contribution >= 4 is 0 Å². The molecule has 94 valence electrons. The third kappa shape index (κ3) is 4.19. The van der Waals surface area contributed by atoms with Crippen molar-refractivity contribution in [1.82, 2.24) is 0 Å². The summed E-state index contributed by atoms with van der Waals surface area (Å²) in [5, 5.41) is 0. The zero-order chi connectivity index (χ0) is 12.0. The molecule has 1 unspecified atom stereocenters. The lowest BCUT2D eigenvalue weighted by molar-refractivity contribution is 0.0650. The van der Waals surface area contributed by atoms with Crippen LogP contribution in [0.1, 0.15) is 59.8 Å². The molecule has 1 nitrogen and oxygen atoms in total. The molecule has 0 saturated heterocycles. The third-order valence-corrected chi connectivity index (χ3v) is 4.05. The van der Waals surface area contributed by atoms with E-state index >= 15 is 0 Å². The van der Waals surface area contributed by atoms with Crippen LogP contribution in [0, 0.1) is 17.8 Å². The van der Waals surface area contributed by atoms with Crippen molar-refractivity contribution in [2.45, 2.75) is 65.9 Å². The van der Waals surface area contributed by atoms with Crippen LogP contribution in [0.2, 0.25) is 0 Å². The van der Waals surface area contributed by atoms with Crippen molar-refractivity contribution in [3.63, 3.8) is 0 Å². The Hall–Kier alpha value is -0.460. The van der Waals surface area contributed by atoms with E-state index in [1.54, 1.807) is 0 Å². The van der Waals surface area contributed by atoms with E-state index in [-0.39, 0.29) is 0 Å². The first-order valence-corrected chi connectivity index (χ1v) is 6.95. The van der Waals surface area contributed by atoms with Gasteiger partial charge in [-0.25, -0.2) is 0 Å². The number of ether oxygens (including phenoxy) is 1. The van der Waals surface area contributed by atoms with Crippen LogP contribution >= 0.6 is 0 Å². The predicted octanol–water partition coefficient (Wildman–Crippen LogP) is 4.78. The van der Waals surface area contributed by atoms with E-state index in [0.29, 0.717) is 6.10 Å². The van der Waals surface area contributed by atoms with Crippen molar-refractivity contribution in [3.05, 3.63) is 12.3 Å². The second-order valence-corrected chi connectivity index (χ2v) is 5.54. The predicted molar refractivity (Wildman–Crippen MR) is 70.3 cm³/mol. The van der Waals surface area contributed by atoms with Gasteiger partial charge in [-0.15, -0.1) is 0 Å². The van der Waals surface area contributed by atoms with Gasteiger partial charge in [-0.05, 0) is 56.8 Å². The Morgan fingerprint density at radius 2 is 1.62 bits per heavy atom. The summed E-state index contributed by atoms with van der Waals surface area (Å²) in [6.07, 6.45) is 10.9. The van der Waals surface area contributed by atoms with Crippen molar-refractivity contribution in [2.75, 3.05) is 0 Å². The van der Waals surface area contributed by atoms with E-state index in [4.69, 9.17) is 4.74 Å². The molecule has 16 heavy (non-hydrogen) atoms. The molecule has 1 saturated carbocycles. The van der Waals surface area contributed by atoms with Crippen LogP contribution in [0.4, 0.5) is 0 Å². The Balaban J connectivity index is 2.27. The van der Waals surface area contributed by atoms with E-state index in [1.165, 1.54) is 25.7 Å². The van der Waals surface area contributed by atoms with Crippen LogP contribution in [-0.2, 0) is 4.74 Å². The van der Waals surface area contributed by atoms with Crippen molar-refractivity contribution < 1.29 is 4.74 Å². The molecule has 0 aliphatic heterocycles. The second kappa shape index (κ2) is 6.98. The Morgan fingerprint density at radius 1 is 1.06 bits per heavy atom. The third-order valence-electron chi connectivity index (χ3n) is 4.05. The zero-order valence-corrected chi connectivity index (χ0v) is 11.4. The topological polar surface area (TPSA) is 9.23 Å². The quantitative estimate of drug-likeness (QED) is 0.611. The summed E-state index contributed by atoms with van der Waals surface area (Å²) in [5.41, 5.74) is 0. The molecule has 1 heteroatoms. The molecule has 0 amide bonds. The van der Waals surface area contributed by atoms with Crippen molar-refractivity contribution in [1.29, 1.82) is 0 Å². The van der Waals surface area contributed by atoms with Crippen LogP contribution in [-0.4, -0.2) is 6.10 Å². The van der Waals surface area contributed by atoms with E-state index in [0.717, 1.165) is 24.2 Å². The Morgan fingerprint density at radius 3 is 2.12 bits per heavy atom. The summed E-state index contributed by atoms with van der Waals surface area (Å²) in [6.45, 7) is 9.07. The highest BCUT2D eigenvalue weighted by Gasteiger charge is 2.26. The molecule has 0 radical (unpaired) electrons. The van der Waals surface area contributed by atoms with E-state index in [2.05, 4.69) is 33.8 Å². The molecule has 1 rings (SSSR count). The van der Waals surface area contributed by atoms with Gasteiger partial charge >= 0.3 is 0 Å². The number of rotatable bonds is 5. The minimum Gasteiger partial charge on any atom is -0.498 e. The molecule has 0 spiro atoms. The van der Waals surface area contributed by atoms with E-state index in [9.17, 15) is 0 Å². The van der Waals surface area contributed by atoms with Gasteiger partial charge in [0.15, 0.2) is 0 Å². The lowest BCUT2D eigenvalue weighted by atomic mass is 9.75. The van der Waals surface area contributed by atoms with Crippen LogP contribution in [0.25, 0.3) is 0 Å². The standard InChI is InChI=1S/C15H28O/c1-5-6-11-16-13(4)15-9-7-14(8-10-15)12(2)3/h6,11-15H,5,7-10H2,1-4H3/b11-6+. The van der Waals surface area contributed by atoms with Gasteiger partial charge in [-0.1, -0.05) is 26.8 Å². The lowest BCUT2D eigenvalue weighted by Gasteiger charge is -2.33. The van der Waals surface area contributed by atoms with Gasteiger partial charge in [0.05, 0.1) is 12.4 Å². The van der Waals surface area contributed by atoms with Crippen LogP contribution in [0.5, 0.6) is 0 Å². The molecule has 1 fully saturated rings. The fourth-order valence-electron chi connectivity index (χ4n) is 2.67. The summed E-state index contributed by atoms with van der Waals surface area (Å²) >= 11 is 0. The Kier molecular flexibility index (Phi) is 5.94. The molecule has 0 N–H and O–H groups in total. The van der Waals surface area contributed by atoms with Crippen LogP contribution in [0.3, 0.4) is 0 Å². The first kappa shape index (κ1) is 13.6. The van der Waals surface area contributed by atoms with Gasteiger partial charge in [0.2, 0.25) is 0 Å². The molecular formula is C15H28O. The first-order valence-electron chi connectivity index (χ1n) is 6.95. The highest BCUT2D eigenvalue weighted by atomic mass is 16.5. The van der Waals surface area contributed by atoms with E-state index < -0.39 is 0 Å². The molecule has 1 atom stereocenters. The van der Waals surface area contributed by atoms with E-state index in [1.807, 2.05) is 6.26 Å². The average molecular weight is 224 g/mol. The molecule has 0 aromatic carbocycles. The minimum absolute atomic E-state index is 0.399. The number of allylic oxidation sites excluding steroid dienone is 1. The van der Waals surface area contributed by atoms with Crippen LogP contribution in [0.15, 0.2) is 12.3 Å². The monoisotopic (exact) mass is 224 g/mol. The fourth-order valence-corrected chi connectivity index (χ4v) is 2.67. The number of hydrogen-bond donors (Lipinski definition) is 0. The summed E-state index contributed by atoms with van der Waals surface area (Å²) < 4.78 is 5.74. The molecule has 1 aliphatic carbocycles. The number of hydrogen-bond acceptors (Lipinski definition) is 1. The highest BCUT2D eigenvalue weighted by molar-refractivity contribution is 4.80. The van der Waals surface area contributed by atoms with Crippen molar-refractivity contribution in [2.24, 2.45) is 17.8 Å². The summed E-state index contributed by atoms with van der Waals surface area (Å²) in [4.78, 5) is 0. The van der Waals surface area contributed by atoms with Gasteiger partial charge < -0.3 is 4.74 Å². The summed E-state index contributed by atoms with van der Waals surface area (Å²) in [7, 11) is 0. The lowest BCUT2D eigenvalue weighted by Crippen LogP contribution is -2.26. The zero-order valence-electron chi connectivity index (χ0n) is 11.4. The van der Waals surface area contributed by atoms with Gasteiger partial charge in [-0.2, -0.15) is 0 Å². The molecular weight excluding hydrogens is 196 g/mol. The largest absolute Gasteiger partial charge is 0.498 e. The Bertz CT molecular complexity index is 199. The van der Waals surface area contributed by atoms with Gasteiger partial charge in [0.1, 0.15) is 0 Å². The fraction of sp³-hybridized carbons (Fsp3) is 0.867. The molecule has 0 bridgehead atoms. The summed E-state index contributed by atoms with van der Waals surface area (Å²) in [5.74, 6) is 2.59. The molecule has 0 aromatic heterocycles. The second-order valence-electron chi connectivity index (χ2n) is 5.54. The molecule has 0 aromatic rings. The van der Waals surface area contributed by atoms with Gasteiger partial charge in [-0.3, -0.25) is 0 Å². The minimum atomic E-state index is 0.399. The normalized spacial score (nSPS) is 28.6. The van der Waals surface area contributed by atoms with Crippen molar-refractivity contribution in [3.8, 4) is 0 Å². The van der Waals surface area contributed by atoms with Gasteiger partial charge in [0, 0.05) is 0 Å². The SMILES string of the molecule is CC/C=C/OC(C)C1CCC(C(C)C)CC1. The maximum Gasteiger partial charge on any atom is 0.0978 e. The van der Waals surface area contributed by atoms with Gasteiger partial charge in [0.25, 0.3) is 0 Å². The smallest absolute Gasteiger partial charge is 0.0978 e. The summed E-state index contributed by atoms with van der Waals surface area (Å²) in [6, 6.07) is 0. The van der Waals surface area contributed by atoms with Crippen LogP contribution < -0.4 is 0 Å². The average Bonchev–Trinajstić information content (AvgIpc) is 2.29. The molecule has 1 aliphatic rings. The Labute approximate surface area is 101 Å². The highest BCUT2D eigenvalue weighted by Crippen LogP contribution is 2.35. The maximum atomic E-state index is 5.74. The first-order chi connectivity index (χ1) is 7.65. The molecule has 0 heterocycles.